The van der Waals surface area contributed by atoms with Crippen LogP contribution in [0.3, 0.4) is 0 Å². The van der Waals surface area contributed by atoms with Gasteiger partial charge in [0.25, 0.3) is 6.43 Å². The fourth-order valence-corrected chi connectivity index (χ4v) is 2.47. The smallest absolute Gasteiger partial charge is 0.263 e. The van der Waals surface area contributed by atoms with Crippen molar-refractivity contribution in [3.63, 3.8) is 0 Å². The zero-order valence-electron chi connectivity index (χ0n) is 10.7. The molecule has 2 nitrogen and oxygen atoms in total. The Kier molecular flexibility index (Phi) is 4.30. The minimum atomic E-state index is -2.40. The van der Waals surface area contributed by atoms with Gasteiger partial charge in [-0.1, -0.05) is 31.2 Å². The average molecular weight is 254 g/mol. The first kappa shape index (κ1) is 13.4. The average Bonchev–Trinajstić information content (AvgIpc) is 3.20. The highest BCUT2D eigenvalue weighted by Crippen LogP contribution is 2.34. The van der Waals surface area contributed by atoms with Crippen LogP contribution in [0, 0.1) is 0 Å². The molecule has 1 saturated carbocycles. The molecule has 0 spiro atoms. The second kappa shape index (κ2) is 5.76. The lowest BCUT2D eigenvalue weighted by molar-refractivity contribution is 0.151. The maximum atomic E-state index is 12.5. The summed E-state index contributed by atoms with van der Waals surface area (Å²) in [5, 5.41) is 0. The van der Waals surface area contributed by atoms with Crippen LogP contribution < -0.4 is 5.73 Å². The summed E-state index contributed by atoms with van der Waals surface area (Å²) in [6.07, 6.45) is 0.0416. The molecule has 1 fully saturated rings. The number of nitrogens with two attached hydrogens (primary N) is 1. The van der Waals surface area contributed by atoms with Gasteiger partial charge in [-0.2, -0.15) is 0 Å². The monoisotopic (exact) mass is 254 g/mol. The van der Waals surface area contributed by atoms with Gasteiger partial charge in [0.1, 0.15) is 0 Å². The van der Waals surface area contributed by atoms with Crippen molar-refractivity contribution < 1.29 is 8.78 Å². The molecular formula is C14H20F2N2. The topological polar surface area (TPSA) is 29.3 Å². The highest BCUT2D eigenvalue weighted by atomic mass is 19.3. The second-order valence-corrected chi connectivity index (χ2v) is 4.78. The molecule has 0 amide bonds. The van der Waals surface area contributed by atoms with Gasteiger partial charge in [0.15, 0.2) is 0 Å². The van der Waals surface area contributed by atoms with E-state index >= 15 is 0 Å². The van der Waals surface area contributed by atoms with Gasteiger partial charge in [-0.25, -0.2) is 8.78 Å². The Morgan fingerprint density at radius 1 is 1.22 bits per heavy atom. The van der Waals surface area contributed by atoms with Crippen molar-refractivity contribution in [1.82, 2.24) is 4.90 Å². The fourth-order valence-electron chi connectivity index (χ4n) is 2.47. The number of likely N-dealkylation sites (N-methyl/N-ethyl adjacent to an activating group) is 1. The molecule has 2 N–H and O–H groups in total. The lowest BCUT2D eigenvalue weighted by atomic mass is 10.0. The van der Waals surface area contributed by atoms with Crippen LogP contribution in [-0.4, -0.2) is 24.0 Å². The summed E-state index contributed by atoms with van der Waals surface area (Å²) in [5.41, 5.74) is 6.97. The molecule has 0 radical (unpaired) electrons. The maximum Gasteiger partial charge on any atom is 0.263 e. The minimum Gasteiger partial charge on any atom is -0.329 e. The molecule has 0 heterocycles. The molecule has 0 saturated heterocycles. The van der Waals surface area contributed by atoms with Crippen LogP contribution >= 0.6 is 0 Å². The molecule has 0 aromatic heterocycles. The van der Waals surface area contributed by atoms with Crippen molar-refractivity contribution in [1.29, 1.82) is 0 Å². The van der Waals surface area contributed by atoms with Gasteiger partial charge in [-0.05, 0) is 24.9 Å². The first-order valence-electron chi connectivity index (χ1n) is 6.51. The predicted molar refractivity (Wildman–Crippen MR) is 68.6 cm³/mol. The van der Waals surface area contributed by atoms with Crippen molar-refractivity contribution in [2.45, 2.75) is 38.3 Å². The van der Waals surface area contributed by atoms with E-state index in [4.69, 9.17) is 5.73 Å². The third-order valence-electron chi connectivity index (χ3n) is 3.58. The van der Waals surface area contributed by atoms with Gasteiger partial charge in [-0.3, -0.25) is 4.90 Å². The van der Waals surface area contributed by atoms with Crippen molar-refractivity contribution in [2.24, 2.45) is 5.73 Å². The maximum absolute atomic E-state index is 12.5. The third kappa shape index (κ3) is 2.87. The van der Waals surface area contributed by atoms with Crippen LogP contribution in [0.15, 0.2) is 24.3 Å². The number of nitrogens with zero attached hydrogens (tertiary/aromatic N) is 1. The molecule has 1 aromatic carbocycles. The van der Waals surface area contributed by atoms with Crippen LogP contribution in [0.5, 0.6) is 0 Å². The first-order chi connectivity index (χ1) is 8.67. The summed E-state index contributed by atoms with van der Waals surface area (Å²) in [7, 11) is 0. The van der Waals surface area contributed by atoms with E-state index in [0.717, 1.165) is 12.1 Å². The SMILES string of the molecule is CCN(C1CC1)C(CN)c1ccc(C(F)F)cc1. The van der Waals surface area contributed by atoms with Crippen LogP contribution in [0.2, 0.25) is 0 Å². The van der Waals surface area contributed by atoms with Crippen molar-refractivity contribution in [2.75, 3.05) is 13.1 Å². The lowest BCUT2D eigenvalue weighted by Crippen LogP contribution is -2.35. The third-order valence-corrected chi connectivity index (χ3v) is 3.58. The highest BCUT2D eigenvalue weighted by molar-refractivity contribution is 5.26. The number of hydrogen-bond donors (Lipinski definition) is 1. The van der Waals surface area contributed by atoms with Crippen molar-refractivity contribution >= 4 is 0 Å². The van der Waals surface area contributed by atoms with E-state index in [1.165, 1.54) is 25.0 Å². The Labute approximate surface area is 107 Å². The van der Waals surface area contributed by atoms with Crippen LogP contribution in [0.1, 0.15) is 43.4 Å². The van der Waals surface area contributed by atoms with Gasteiger partial charge >= 0.3 is 0 Å². The summed E-state index contributed by atoms with van der Waals surface area (Å²) >= 11 is 0. The summed E-state index contributed by atoms with van der Waals surface area (Å²) in [5.74, 6) is 0. The summed E-state index contributed by atoms with van der Waals surface area (Å²) in [4.78, 5) is 2.37. The molecule has 1 atom stereocenters. The van der Waals surface area contributed by atoms with Gasteiger partial charge in [0, 0.05) is 24.2 Å². The summed E-state index contributed by atoms with van der Waals surface area (Å²) in [6, 6.07) is 7.34. The quantitative estimate of drug-likeness (QED) is 0.845. The number of halogens is 2. The van der Waals surface area contributed by atoms with Crippen molar-refractivity contribution in [3.05, 3.63) is 35.4 Å². The zero-order valence-corrected chi connectivity index (χ0v) is 10.7. The standard InChI is InChI=1S/C14H20F2N2/c1-2-18(12-7-8-12)13(9-17)10-3-5-11(6-4-10)14(15)16/h3-6,12-14H,2,7-9,17H2,1H3. The lowest BCUT2D eigenvalue weighted by Gasteiger charge is -2.30. The number of rotatable bonds is 6. The van der Waals surface area contributed by atoms with E-state index in [1.807, 2.05) is 0 Å². The number of hydrogen-bond acceptors (Lipinski definition) is 2. The van der Waals surface area contributed by atoms with E-state index in [-0.39, 0.29) is 11.6 Å². The highest BCUT2D eigenvalue weighted by Gasteiger charge is 2.32. The molecule has 1 aliphatic carbocycles. The molecule has 2 rings (SSSR count). The number of benzene rings is 1. The molecule has 0 aliphatic heterocycles. The summed E-state index contributed by atoms with van der Waals surface area (Å²) in [6.45, 7) is 3.59. The van der Waals surface area contributed by atoms with Crippen molar-refractivity contribution in [3.8, 4) is 0 Å². The Morgan fingerprint density at radius 3 is 2.17 bits per heavy atom. The molecule has 0 bridgehead atoms. The van der Waals surface area contributed by atoms with Crippen LogP contribution in [-0.2, 0) is 0 Å². The van der Waals surface area contributed by atoms with E-state index in [9.17, 15) is 8.78 Å². The van der Waals surface area contributed by atoms with E-state index in [1.54, 1.807) is 12.1 Å². The largest absolute Gasteiger partial charge is 0.329 e. The molecule has 1 unspecified atom stereocenters. The van der Waals surface area contributed by atoms with Crippen LogP contribution in [0.4, 0.5) is 8.78 Å². The Balaban J connectivity index is 2.15. The second-order valence-electron chi connectivity index (χ2n) is 4.78. The van der Waals surface area contributed by atoms with E-state index in [0.29, 0.717) is 12.6 Å². The molecule has 4 heteroatoms. The Hall–Kier alpha value is -1.00. The minimum absolute atomic E-state index is 0.0731. The first-order valence-corrected chi connectivity index (χ1v) is 6.51. The van der Waals surface area contributed by atoms with Gasteiger partial charge in [-0.15, -0.1) is 0 Å². The Bertz CT molecular complexity index is 374. The molecule has 1 aliphatic rings. The van der Waals surface area contributed by atoms with Gasteiger partial charge < -0.3 is 5.73 Å². The number of alkyl halides is 2. The Morgan fingerprint density at radius 2 is 1.78 bits per heavy atom. The van der Waals surface area contributed by atoms with E-state index < -0.39 is 6.43 Å². The zero-order chi connectivity index (χ0) is 13.1. The molecule has 100 valence electrons. The normalized spacial score (nSPS) is 17.4. The molecular weight excluding hydrogens is 234 g/mol. The van der Waals surface area contributed by atoms with Gasteiger partial charge in [0.2, 0.25) is 0 Å². The van der Waals surface area contributed by atoms with Crippen LogP contribution in [0.25, 0.3) is 0 Å². The van der Waals surface area contributed by atoms with E-state index in [2.05, 4.69) is 11.8 Å². The fraction of sp³-hybridized carbons (Fsp3) is 0.571. The van der Waals surface area contributed by atoms with Gasteiger partial charge in [0.05, 0.1) is 0 Å². The molecule has 18 heavy (non-hydrogen) atoms. The predicted octanol–water partition coefficient (Wildman–Crippen LogP) is 3.11. The molecule has 1 aromatic rings. The summed E-state index contributed by atoms with van der Waals surface area (Å²) < 4.78 is 25.0.